The Morgan fingerprint density at radius 2 is 1.50 bits per heavy atom. The van der Waals surface area contributed by atoms with Gasteiger partial charge in [0.15, 0.2) is 17.4 Å². The van der Waals surface area contributed by atoms with Crippen LogP contribution < -0.4 is 0 Å². The molecule has 0 aromatic carbocycles. The second-order valence-electron chi connectivity index (χ2n) is 3.88. The van der Waals surface area contributed by atoms with E-state index in [1.165, 1.54) is 40.8 Å². The highest BCUT2D eigenvalue weighted by molar-refractivity contribution is 6.08. The molecule has 74 valence electrons. The fraction of sp³-hybridized carbons (Fsp3) is 1.00. The lowest BCUT2D eigenvalue weighted by atomic mass is 10.2. The molecule has 0 spiro atoms. The Labute approximate surface area is 96.5 Å². The third-order valence-corrected chi connectivity index (χ3v) is 1.66. The molecule has 1 N–H and O–H groups in total. The van der Waals surface area contributed by atoms with Crippen LogP contribution in [-0.2, 0) is 0 Å². The Kier molecular flexibility index (Phi) is 18.8. The molecular weight excluding hydrogens is 178 g/mol. The first kappa shape index (κ1) is 18.7. The van der Waals surface area contributed by atoms with Gasteiger partial charge in [0.05, 0.1) is 5.60 Å². The van der Waals surface area contributed by atoms with Crippen LogP contribution >= 0.6 is 0 Å². The van der Waals surface area contributed by atoms with Crippen molar-refractivity contribution in [1.82, 2.24) is 0 Å². The maximum Gasteiger partial charge on any atom is 0.211 e. The van der Waals surface area contributed by atoms with Gasteiger partial charge in [-0.05, 0) is 20.8 Å². The SMILES string of the molecule is CC(C)(C)O.CCCC[CH2][AlH2].[AlH3]. The Morgan fingerprint density at radius 1 is 1.17 bits per heavy atom. The summed E-state index contributed by atoms with van der Waals surface area (Å²) in [6.07, 6.45) is 4.30. The maximum atomic E-state index is 8.52. The number of aliphatic hydroxyl groups is 1. The first-order valence-electron chi connectivity index (χ1n) is 4.64. The standard InChI is InChI=1S/C5H11.C4H10O.2Al.5H/c1-3-5-4-2;1-4(2,3)5;;;;;;;/h1,3-5H2,2H3;5H,1-3H3;;;;;;;. The molecule has 0 aliphatic heterocycles. The first-order chi connectivity index (χ1) is 4.91. The Bertz CT molecular complexity index is 59.4. The van der Waals surface area contributed by atoms with E-state index < -0.39 is 5.60 Å². The van der Waals surface area contributed by atoms with E-state index in [2.05, 4.69) is 6.92 Å². The summed E-state index contributed by atoms with van der Waals surface area (Å²) in [7, 11) is 0. The third kappa shape index (κ3) is 68.4. The first-order valence-corrected chi connectivity index (χ1v) is 6.05. The van der Waals surface area contributed by atoms with Crippen molar-refractivity contribution in [3.05, 3.63) is 0 Å². The normalized spacial score (nSPS) is 9.42. The molecule has 12 heavy (non-hydrogen) atoms. The van der Waals surface area contributed by atoms with Crippen LogP contribution in [0, 0.1) is 0 Å². The van der Waals surface area contributed by atoms with Crippen molar-refractivity contribution in [2.75, 3.05) is 0 Å². The topological polar surface area (TPSA) is 20.2 Å². The van der Waals surface area contributed by atoms with Gasteiger partial charge in [0.2, 0.25) is 16.3 Å². The second kappa shape index (κ2) is 12.0. The van der Waals surface area contributed by atoms with Gasteiger partial charge in [-0.2, -0.15) is 0 Å². The predicted molar refractivity (Wildman–Crippen MR) is 64.8 cm³/mol. The lowest BCUT2D eigenvalue weighted by Crippen LogP contribution is -2.10. The zero-order valence-corrected chi connectivity index (χ0v) is 10.8. The molecule has 0 amide bonds. The molecule has 0 aromatic rings. The maximum absolute atomic E-state index is 8.52. The molecule has 0 radical (unpaired) electrons. The average molecular weight is 204 g/mol. The minimum absolute atomic E-state index is 0. The molecule has 0 unspecified atom stereocenters. The molecule has 0 fully saturated rings. The smallest absolute Gasteiger partial charge is 0.211 e. The van der Waals surface area contributed by atoms with Crippen molar-refractivity contribution in [1.29, 1.82) is 0 Å². The molecule has 0 aliphatic carbocycles. The van der Waals surface area contributed by atoms with E-state index in [4.69, 9.17) is 5.11 Å². The van der Waals surface area contributed by atoms with Crippen LogP contribution in [0.3, 0.4) is 0 Å². The highest BCUT2D eigenvalue weighted by Gasteiger charge is 1.97. The molecule has 0 rings (SSSR count). The summed E-state index contributed by atoms with van der Waals surface area (Å²) in [4.78, 5) is 0. The van der Waals surface area contributed by atoms with Crippen LogP contribution in [0.1, 0.15) is 47.0 Å². The van der Waals surface area contributed by atoms with E-state index in [0.29, 0.717) is 0 Å². The number of hydrogen-bond acceptors (Lipinski definition) is 1. The monoisotopic (exact) mass is 204 g/mol. The van der Waals surface area contributed by atoms with Crippen molar-refractivity contribution in [2.24, 2.45) is 0 Å². The molecule has 0 aromatic heterocycles. The Balaban J connectivity index is -0.000000126. The van der Waals surface area contributed by atoms with Gasteiger partial charge < -0.3 is 5.11 Å². The van der Waals surface area contributed by atoms with Crippen molar-refractivity contribution < 1.29 is 5.11 Å². The van der Waals surface area contributed by atoms with Gasteiger partial charge in [-0.15, -0.1) is 5.28 Å². The minimum Gasteiger partial charge on any atom is -0.391 e. The number of rotatable bonds is 3. The largest absolute Gasteiger partial charge is 0.391 e. The average Bonchev–Trinajstić information content (AvgIpc) is 1.79. The van der Waals surface area contributed by atoms with Crippen LogP contribution in [0.4, 0.5) is 0 Å². The molecule has 1 nitrogen and oxygen atoms in total. The van der Waals surface area contributed by atoms with E-state index in [1.54, 1.807) is 20.8 Å². The third-order valence-electron chi connectivity index (χ3n) is 0.957. The summed E-state index contributed by atoms with van der Waals surface area (Å²) in [6, 6.07) is 0. The van der Waals surface area contributed by atoms with Gasteiger partial charge in [-0.25, -0.2) is 0 Å². The van der Waals surface area contributed by atoms with Crippen molar-refractivity contribution in [2.45, 2.75) is 57.8 Å². The van der Waals surface area contributed by atoms with E-state index >= 15 is 0 Å². The summed E-state index contributed by atoms with van der Waals surface area (Å²) < 4.78 is 0. The summed E-state index contributed by atoms with van der Waals surface area (Å²) in [5.74, 6) is 0. The highest BCUT2D eigenvalue weighted by Crippen LogP contribution is 1.94. The minimum atomic E-state index is -0.500. The van der Waals surface area contributed by atoms with E-state index in [0.717, 1.165) is 0 Å². The van der Waals surface area contributed by atoms with Gasteiger partial charge in [-0.3, -0.25) is 0 Å². The number of hydrogen-bond donors (Lipinski definition) is 1. The van der Waals surface area contributed by atoms with Crippen LogP contribution in [0.5, 0.6) is 0 Å². The fourth-order valence-corrected chi connectivity index (χ4v) is 1.000. The molecule has 0 saturated heterocycles. The van der Waals surface area contributed by atoms with Crippen molar-refractivity contribution in [3.8, 4) is 0 Å². The zero-order valence-electron chi connectivity index (χ0n) is 8.78. The van der Waals surface area contributed by atoms with Gasteiger partial charge in [-0.1, -0.05) is 26.2 Å². The van der Waals surface area contributed by atoms with Gasteiger partial charge in [0.1, 0.15) is 0 Å². The summed E-state index contributed by atoms with van der Waals surface area (Å²) in [5.41, 5.74) is -0.500. The number of unbranched alkanes of at least 4 members (excludes halogenated alkanes) is 2. The quantitative estimate of drug-likeness (QED) is 0.533. The zero-order chi connectivity index (χ0) is 9.33. The van der Waals surface area contributed by atoms with Gasteiger partial charge in [0.25, 0.3) is 0 Å². The molecule has 0 saturated carbocycles. The molecule has 0 bridgehead atoms. The summed E-state index contributed by atoms with van der Waals surface area (Å²) >= 11 is 1.40. The van der Waals surface area contributed by atoms with Crippen LogP contribution in [0.2, 0.25) is 5.28 Å². The van der Waals surface area contributed by atoms with Gasteiger partial charge >= 0.3 is 0 Å². The van der Waals surface area contributed by atoms with Crippen LogP contribution in [0.25, 0.3) is 0 Å². The van der Waals surface area contributed by atoms with Gasteiger partial charge in [0, 0.05) is 0 Å². The Morgan fingerprint density at radius 3 is 1.58 bits per heavy atom. The summed E-state index contributed by atoms with van der Waals surface area (Å²) in [5, 5.41) is 10.0. The lowest BCUT2D eigenvalue weighted by molar-refractivity contribution is 0.102. The second-order valence-corrected chi connectivity index (χ2v) is 4.88. The highest BCUT2D eigenvalue weighted by atomic mass is 27.0. The van der Waals surface area contributed by atoms with E-state index in [-0.39, 0.29) is 17.4 Å². The van der Waals surface area contributed by atoms with Crippen molar-refractivity contribution in [3.63, 3.8) is 0 Å². The molecular formula is C9H26Al2O. The molecule has 0 heterocycles. The van der Waals surface area contributed by atoms with Crippen LogP contribution in [0.15, 0.2) is 0 Å². The van der Waals surface area contributed by atoms with E-state index in [1.807, 2.05) is 0 Å². The van der Waals surface area contributed by atoms with Crippen molar-refractivity contribution >= 4 is 33.7 Å². The molecule has 0 aliphatic rings. The predicted octanol–water partition coefficient (Wildman–Crippen LogP) is 0.821. The van der Waals surface area contributed by atoms with Crippen LogP contribution in [-0.4, -0.2) is 44.4 Å². The molecule has 0 atom stereocenters. The molecule has 3 heteroatoms. The lowest BCUT2D eigenvalue weighted by Gasteiger charge is -2.04. The fourth-order valence-electron chi connectivity index (χ4n) is 0.500. The summed E-state index contributed by atoms with van der Waals surface area (Å²) in [6.45, 7) is 7.48. The van der Waals surface area contributed by atoms with E-state index in [9.17, 15) is 0 Å². The Hall–Kier alpha value is 1.02.